The molecule has 1 saturated heterocycles. The molecule has 1 aliphatic rings. The Balaban J connectivity index is 2.00. The maximum atomic E-state index is 12.2. The molecular formula is C14H21N3O3S. The van der Waals surface area contributed by atoms with Crippen LogP contribution in [0.15, 0.2) is 5.38 Å². The average molecular weight is 311 g/mol. The molecule has 1 aromatic rings. The summed E-state index contributed by atoms with van der Waals surface area (Å²) in [6.45, 7) is 8.53. The van der Waals surface area contributed by atoms with Crippen molar-refractivity contribution in [2.45, 2.75) is 39.5 Å². The fraction of sp³-hybridized carbons (Fsp3) is 0.643. The summed E-state index contributed by atoms with van der Waals surface area (Å²) < 4.78 is 0. The zero-order valence-corrected chi connectivity index (χ0v) is 13.6. The van der Waals surface area contributed by atoms with E-state index in [0.717, 1.165) is 5.69 Å². The summed E-state index contributed by atoms with van der Waals surface area (Å²) in [5, 5.41) is 14.4. The number of hydrogen-bond donors (Lipinski definition) is 2. The molecule has 0 radical (unpaired) electrons. The quantitative estimate of drug-likeness (QED) is 0.880. The molecule has 2 amide bonds. The van der Waals surface area contributed by atoms with Crippen LogP contribution in [0.25, 0.3) is 0 Å². The van der Waals surface area contributed by atoms with Gasteiger partial charge in [-0.3, -0.25) is 10.1 Å². The van der Waals surface area contributed by atoms with Gasteiger partial charge in [0.05, 0.1) is 11.1 Å². The van der Waals surface area contributed by atoms with Gasteiger partial charge in [-0.05, 0) is 13.3 Å². The van der Waals surface area contributed by atoms with E-state index in [1.165, 1.54) is 16.2 Å². The van der Waals surface area contributed by atoms with Crippen molar-refractivity contribution < 1.29 is 14.7 Å². The number of hydrogen-bond acceptors (Lipinski definition) is 4. The first-order chi connectivity index (χ1) is 9.62. The van der Waals surface area contributed by atoms with Crippen molar-refractivity contribution >= 4 is 28.5 Å². The Labute approximate surface area is 128 Å². The van der Waals surface area contributed by atoms with E-state index in [0.29, 0.717) is 18.1 Å². The van der Waals surface area contributed by atoms with Crippen LogP contribution in [0.1, 0.15) is 39.8 Å². The van der Waals surface area contributed by atoms with E-state index in [1.54, 1.807) is 6.92 Å². The largest absolute Gasteiger partial charge is 0.481 e. The third-order valence-corrected chi connectivity index (χ3v) is 4.52. The molecule has 1 aromatic heterocycles. The predicted octanol–water partition coefficient (Wildman–Crippen LogP) is 2.77. The van der Waals surface area contributed by atoms with E-state index in [9.17, 15) is 14.7 Å². The van der Waals surface area contributed by atoms with Crippen molar-refractivity contribution in [1.29, 1.82) is 0 Å². The van der Waals surface area contributed by atoms with Crippen molar-refractivity contribution in [2.24, 2.45) is 5.41 Å². The van der Waals surface area contributed by atoms with E-state index in [2.05, 4.69) is 31.1 Å². The van der Waals surface area contributed by atoms with Crippen LogP contribution in [-0.2, 0) is 10.2 Å². The van der Waals surface area contributed by atoms with E-state index in [-0.39, 0.29) is 18.0 Å². The van der Waals surface area contributed by atoms with Gasteiger partial charge < -0.3 is 10.0 Å². The molecule has 6 nitrogen and oxygen atoms in total. The number of aliphatic carboxylic acids is 1. The van der Waals surface area contributed by atoms with Crippen LogP contribution in [0.2, 0.25) is 0 Å². The van der Waals surface area contributed by atoms with Gasteiger partial charge in [0.25, 0.3) is 0 Å². The van der Waals surface area contributed by atoms with Crippen LogP contribution in [0.3, 0.4) is 0 Å². The molecule has 0 spiro atoms. The molecule has 0 bridgehead atoms. The first kappa shape index (κ1) is 15.8. The average Bonchev–Trinajstić information content (AvgIpc) is 2.96. The number of nitrogens with zero attached hydrogens (tertiary/aromatic N) is 2. The minimum Gasteiger partial charge on any atom is -0.481 e. The van der Waals surface area contributed by atoms with Crippen LogP contribution < -0.4 is 5.32 Å². The molecule has 7 heteroatoms. The molecule has 1 atom stereocenters. The number of carbonyl (C=O) groups excluding carboxylic acids is 1. The minimum absolute atomic E-state index is 0.0605. The second-order valence-electron chi connectivity index (χ2n) is 6.76. The number of amides is 2. The van der Waals surface area contributed by atoms with Crippen LogP contribution >= 0.6 is 11.3 Å². The van der Waals surface area contributed by atoms with Crippen molar-refractivity contribution in [3.8, 4) is 0 Å². The molecule has 2 rings (SSSR count). The number of carbonyl (C=O) groups is 2. The van der Waals surface area contributed by atoms with E-state index < -0.39 is 11.4 Å². The number of likely N-dealkylation sites (tertiary alicyclic amines) is 1. The summed E-state index contributed by atoms with van der Waals surface area (Å²) >= 11 is 1.38. The molecule has 2 N–H and O–H groups in total. The Bertz CT molecular complexity index is 564. The van der Waals surface area contributed by atoms with Gasteiger partial charge in [0.2, 0.25) is 0 Å². The zero-order chi connectivity index (χ0) is 15.8. The van der Waals surface area contributed by atoms with E-state index in [4.69, 9.17) is 0 Å². The van der Waals surface area contributed by atoms with Crippen LogP contribution in [0, 0.1) is 5.41 Å². The minimum atomic E-state index is -0.859. The van der Waals surface area contributed by atoms with Gasteiger partial charge in [0.1, 0.15) is 0 Å². The maximum Gasteiger partial charge on any atom is 0.323 e. The van der Waals surface area contributed by atoms with Crippen LogP contribution in [0.5, 0.6) is 0 Å². The normalized spacial score (nSPS) is 22.4. The van der Waals surface area contributed by atoms with Gasteiger partial charge in [-0.2, -0.15) is 0 Å². The molecule has 0 aliphatic carbocycles. The monoisotopic (exact) mass is 311 g/mol. The second-order valence-corrected chi connectivity index (χ2v) is 7.61. The second kappa shape index (κ2) is 5.29. The van der Waals surface area contributed by atoms with Gasteiger partial charge in [0.15, 0.2) is 5.13 Å². The lowest BCUT2D eigenvalue weighted by molar-refractivity contribution is -0.146. The number of aromatic nitrogens is 1. The molecular weight excluding hydrogens is 290 g/mol. The fourth-order valence-electron chi connectivity index (χ4n) is 2.16. The van der Waals surface area contributed by atoms with Gasteiger partial charge in [0, 0.05) is 23.9 Å². The Morgan fingerprint density at radius 3 is 2.62 bits per heavy atom. The van der Waals surface area contributed by atoms with Crippen molar-refractivity contribution in [2.75, 3.05) is 18.4 Å². The number of carboxylic acid groups (broad SMARTS) is 1. The Hall–Kier alpha value is -1.63. The number of urea groups is 1. The molecule has 0 aromatic carbocycles. The topological polar surface area (TPSA) is 82.5 Å². The predicted molar refractivity (Wildman–Crippen MR) is 81.8 cm³/mol. The summed E-state index contributed by atoms with van der Waals surface area (Å²) in [6.07, 6.45) is 0.473. The van der Waals surface area contributed by atoms with Crippen LogP contribution in [0.4, 0.5) is 9.93 Å². The lowest BCUT2D eigenvalue weighted by Gasteiger charge is -2.20. The van der Waals surface area contributed by atoms with Crippen molar-refractivity contribution in [1.82, 2.24) is 9.88 Å². The van der Waals surface area contributed by atoms with Gasteiger partial charge >= 0.3 is 12.0 Å². The third kappa shape index (κ3) is 3.34. The standard InChI is InChI=1S/C14H21N3O3S/c1-13(2,3)9-7-21-11(15-9)16-12(20)17-6-5-14(4,8-17)10(18)19/h7H,5-6,8H2,1-4H3,(H,18,19)(H,15,16,20). The van der Waals surface area contributed by atoms with Gasteiger partial charge in [-0.25, -0.2) is 9.78 Å². The lowest BCUT2D eigenvalue weighted by Crippen LogP contribution is -2.37. The maximum absolute atomic E-state index is 12.2. The molecule has 116 valence electrons. The molecule has 1 unspecified atom stereocenters. The Kier molecular flexibility index (Phi) is 3.97. The summed E-state index contributed by atoms with van der Waals surface area (Å²) in [6, 6.07) is -0.283. The zero-order valence-electron chi connectivity index (χ0n) is 12.8. The molecule has 1 aliphatic heterocycles. The first-order valence-corrected chi connectivity index (χ1v) is 7.75. The SMILES string of the molecule is CC1(C(=O)O)CCN(C(=O)Nc2nc(C(C)(C)C)cs2)C1. The smallest absolute Gasteiger partial charge is 0.323 e. The van der Waals surface area contributed by atoms with Gasteiger partial charge in [-0.15, -0.1) is 11.3 Å². The number of rotatable bonds is 2. The first-order valence-electron chi connectivity index (χ1n) is 6.87. The molecule has 2 heterocycles. The number of anilines is 1. The molecule has 0 saturated carbocycles. The van der Waals surface area contributed by atoms with E-state index in [1.807, 2.05) is 5.38 Å². The summed E-state index contributed by atoms with van der Waals surface area (Å²) in [7, 11) is 0. The van der Waals surface area contributed by atoms with E-state index >= 15 is 0 Å². The fourth-order valence-corrected chi connectivity index (χ4v) is 3.08. The molecule has 21 heavy (non-hydrogen) atoms. The van der Waals surface area contributed by atoms with Crippen LogP contribution in [-0.4, -0.2) is 40.1 Å². The third-order valence-electron chi connectivity index (χ3n) is 3.76. The summed E-state index contributed by atoms with van der Waals surface area (Å²) in [5.74, 6) is -0.859. The highest BCUT2D eigenvalue weighted by Gasteiger charge is 2.42. The van der Waals surface area contributed by atoms with Crippen molar-refractivity contribution in [3.63, 3.8) is 0 Å². The highest BCUT2D eigenvalue weighted by Crippen LogP contribution is 2.31. The number of thiazole rings is 1. The highest BCUT2D eigenvalue weighted by molar-refractivity contribution is 7.13. The molecule has 1 fully saturated rings. The highest BCUT2D eigenvalue weighted by atomic mass is 32.1. The summed E-state index contributed by atoms with van der Waals surface area (Å²) in [4.78, 5) is 29.3. The Morgan fingerprint density at radius 1 is 1.48 bits per heavy atom. The summed E-state index contributed by atoms with van der Waals surface area (Å²) in [5.41, 5.74) is 0.0193. The van der Waals surface area contributed by atoms with Crippen molar-refractivity contribution in [3.05, 3.63) is 11.1 Å². The number of nitrogens with one attached hydrogen (secondary N) is 1. The number of carboxylic acids is 1. The van der Waals surface area contributed by atoms with Gasteiger partial charge in [-0.1, -0.05) is 20.8 Å². The Morgan fingerprint density at radius 2 is 2.14 bits per heavy atom. The lowest BCUT2D eigenvalue weighted by atomic mass is 9.90.